The van der Waals surface area contributed by atoms with Crippen molar-refractivity contribution < 1.29 is 18.0 Å². The van der Waals surface area contributed by atoms with E-state index in [1.165, 1.54) is 9.21 Å². The van der Waals surface area contributed by atoms with E-state index in [0.29, 0.717) is 32.7 Å². The van der Waals surface area contributed by atoms with Crippen LogP contribution in [0.5, 0.6) is 0 Å². The van der Waals surface area contributed by atoms with E-state index in [1.807, 2.05) is 20.8 Å². The van der Waals surface area contributed by atoms with Gasteiger partial charge in [0.2, 0.25) is 21.8 Å². The van der Waals surface area contributed by atoms with Crippen molar-refractivity contribution in [2.45, 2.75) is 65.1 Å². The number of anilines is 1. The monoisotopic (exact) mass is 589 g/mol. The van der Waals surface area contributed by atoms with Crippen molar-refractivity contribution in [3.8, 4) is 0 Å². The van der Waals surface area contributed by atoms with Crippen LogP contribution >= 0.6 is 34.8 Å². The van der Waals surface area contributed by atoms with E-state index in [-0.39, 0.29) is 43.8 Å². The van der Waals surface area contributed by atoms with Crippen LogP contribution in [0.15, 0.2) is 42.5 Å². The average Bonchev–Trinajstić information content (AvgIpc) is 2.81. The molecule has 0 heterocycles. The van der Waals surface area contributed by atoms with Gasteiger partial charge in [0.15, 0.2) is 0 Å². The lowest BCUT2D eigenvalue weighted by molar-refractivity contribution is -0.141. The Balaban J connectivity index is 2.26. The quantitative estimate of drug-likeness (QED) is 0.314. The Hall–Kier alpha value is -2.00. The average molecular weight is 591 g/mol. The summed E-state index contributed by atoms with van der Waals surface area (Å²) in [5.74, 6) is -0.524. The van der Waals surface area contributed by atoms with Gasteiger partial charge in [-0.1, -0.05) is 60.8 Å². The maximum atomic E-state index is 13.5. The van der Waals surface area contributed by atoms with Crippen molar-refractivity contribution in [1.82, 2.24) is 10.2 Å². The molecule has 0 fully saturated rings. The molecule has 0 bridgehead atoms. The molecule has 7 nitrogen and oxygen atoms in total. The van der Waals surface area contributed by atoms with Gasteiger partial charge < -0.3 is 10.2 Å². The normalized spacial score (nSPS) is 13.1. The van der Waals surface area contributed by atoms with Gasteiger partial charge in [0, 0.05) is 40.6 Å². The molecule has 2 amide bonds. The Labute approximate surface area is 235 Å². The van der Waals surface area contributed by atoms with E-state index in [2.05, 4.69) is 5.32 Å². The van der Waals surface area contributed by atoms with Crippen molar-refractivity contribution in [2.75, 3.05) is 17.1 Å². The van der Waals surface area contributed by atoms with Gasteiger partial charge in [0.05, 0.1) is 11.9 Å². The van der Waals surface area contributed by atoms with Gasteiger partial charge in [-0.05, 0) is 62.1 Å². The molecule has 0 aliphatic carbocycles. The summed E-state index contributed by atoms with van der Waals surface area (Å²) in [4.78, 5) is 28.1. The lowest BCUT2D eigenvalue weighted by atomic mass is 10.1. The van der Waals surface area contributed by atoms with Crippen molar-refractivity contribution in [2.24, 2.45) is 0 Å². The molecule has 0 aliphatic rings. The molecule has 0 aromatic heterocycles. The number of hydrogen-bond donors (Lipinski definition) is 1. The summed E-state index contributed by atoms with van der Waals surface area (Å²) in [6.45, 7) is 5.91. The molecule has 37 heavy (non-hydrogen) atoms. The zero-order valence-electron chi connectivity index (χ0n) is 21.5. The predicted molar refractivity (Wildman–Crippen MR) is 152 cm³/mol. The van der Waals surface area contributed by atoms with Gasteiger partial charge in [0.25, 0.3) is 0 Å². The number of hydrogen-bond acceptors (Lipinski definition) is 4. The number of carbonyl (C=O) groups excluding carboxylic acids is 2. The highest BCUT2D eigenvalue weighted by Crippen LogP contribution is 2.25. The first-order valence-corrected chi connectivity index (χ1v) is 15.1. The zero-order chi connectivity index (χ0) is 27.8. The second-order valence-electron chi connectivity index (χ2n) is 8.92. The standard InChI is InChI=1S/C26H34Cl3N3O4S/c1-5-18(3)30-26(34)24(6-2)31(17-19-12-13-21(28)16-23(19)29)25(33)11-8-14-32(37(4,35)36)22-10-7-9-20(27)15-22/h7,9-10,12-13,15-16,18,24H,5-6,8,11,14,17H2,1-4H3,(H,30,34)/t18-,24+/m1/s1. The summed E-state index contributed by atoms with van der Waals surface area (Å²) in [6.07, 6.45) is 2.54. The van der Waals surface area contributed by atoms with E-state index in [4.69, 9.17) is 34.8 Å². The Morgan fingerprint density at radius 1 is 1.00 bits per heavy atom. The molecule has 204 valence electrons. The van der Waals surface area contributed by atoms with Crippen LogP contribution in [-0.4, -0.2) is 50.0 Å². The summed E-state index contributed by atoms with van der Waals surface area (Å²) < 4.78 is 26.1. The fourth-order valence-electron chi connectivity index (χ4n) is 3.83. The van der Waals surface area contributed by atoms with E-state index in [9.17, 15) is 18.0 Å². The van der Waals surface area contributed by atoms with Gasteiger partial charge in [0.1, 0.15) is 6.04 Å². The van der Waals surface area contributed by atoms with Gasteiger partial charge in [-0.15, -0.1) is 0 Å². The smallest absolute Gasteiger partial charge is 0.243 e. The lowest BCUT2D eigenvalue weighted by Gasteiger charge is -2.32. The molecule has 0 saturated carbocycles. The zero-order valence-corrected chi connectivity index (χ0v) is 24.6. The minimum Gasteiger partial charge on any atom is -0.352 e. The van der Waals surface area contributed by atoms with Crippen molar-refractivity contribution in [1.29, 1.82) is 0 Å². The summed E-state index contributed by atoms with van der Waals surface area (Å²) >= 11 is 18.5. The molecule has 0 radical (unpaired) electrons. The maximum Gasteiger partial charge on any atom is 0.243 e. The second kappa shape index (κ2) is 14.2. The van der Waals surface area contributed by atoms with E-state index < -0.39 is 16.1 Å². The van der Waals surface area contributed by atoms with Crippen LogP contribution in [0.4, 0.5) is 5.69 Å². The van der Waals surface area contributed by atoms with Crippen LogP contribution in [-0.2, 0) is 26.2 Å². The highest BCUT2D eigenvalue weighted by Gasteiger charge is 2.30. The van der Waals surface area contributed by atoms with E-state index >= 15 is 0 Å². The molecule has 2 aromatic rings. The Morgan fingerprint density at radius 3 is 2.24 bits per heavy atom. The van der Waals surface area contributed by atoms with Crippen LogP contribution in [0.1, 0.15) is 52.0 Å². The molecule has 1 N–H and O–H groups in total. The van der Waals surface area contributed by atoms with Gasteiger partial charge in [-0.25, -0.2) is 8.42 Å². The van der Waals surface area contributed by atoms with Crippen molar-refractivity contribution >= 4 is 62.3 Å². The predicted octanol–water partition coefficient (Wildman–Crippen LogP) is 5.92. The SMILES string of the molecule is CC[C@@H](C)NC(=O)[C@H](CC)N(Cc1ccc(Cl)cc1Cl)C(=O)CCCN(c1cccc(Cl)c1)S(C)(=O)=O. The number of halogens is 3. The third-order valence-electron chi connectivity index (χ3n) is 5.99. The lowest BCUT2D eigenvalue weighted by Crippen LogP contribution is -2.50. The molecule has 0 saturated heterocycles. The third-order valence-corrected chi connectivity index (χ3v) is 8.01. The topological polar surface area (TPSA) is 86.8 Å². The number of benzene rings is 2. The first-order chi connectivity index (χ1) is 17.4. The van der Waals surface area contributed by atoms with Gasteiger partial charge in [-0.3, -0.25) is 13.9 Å². The van der Waals surface area contributed by atoms with Gasteiger partial charge in [-0.2, -0.15) is 0 Å². The Morgan fingerprint density at radius 2 is 1.68 bits per heavy atom. The van der Waals surface area contributed by atoms with Gasteiger partial charge >= 0.3 is 0 Å². The Bertz CT molecular complexity index is 1190. The molecule has 0 unspecified atom stereocenters. The van der Waals surface area contributed by atoms with Crippen LogP contribution in [0.3, 0.4) is 0 Å². The second-order valence-corrected chi connectivity index (χ2v) is 12.1. The first-order valence-electron chi connectivity index (χ1n) is 12.1. The molecule has 0 aliphatic heterocycles. The van der Waals surface area contributed by atoms with Crippen molar-refractivity contribution in [3.05, 3.63) is 63.1 Å². The molecule has 2 atom stereocenters. The molecule has 0 spiro atoms. The number of amides is 2. The van der Waals surface area contributed by atoms with Crippen LogP contribution in [0, 0.1) is 0 Å². The highest BCUT2D eigenvalue weighted by atomic mass is 35.5. The first kappa shape index (κ1) is 31.2. The highest BCUT2D eigenvalue weighted by molar-refractivity contribution is 7.92. The molecule has 11 heteroatoms. The van der Waals surface area contributed by atoms with Crippen LogP contribution in [0.25, 0.3) is 0 Å². The minimum atomic E-state index is -3.61. The van der Waals surface area contributed by atoms with E-state index in [0.717, 1.165) is 12.7 Å². The number of sulfonamides is 1. The summed E-state index contributed by atoms with van der Waals surface area (Å²) in [7, 11) is -3.61. The van der Waals surface area contributed by atoms with Crippen LogP contribution in [0.2, 0.25) is 15.1 Å². The summed E-state index contributed by atoms with van der Waals surface area (Å²) in [5, 5.41) is 4.23. The fraction of sp³-hybridized carbons (Fsp3) is 0.462. The molecule has 2 aromatic carbocycles. The number of nitrogens with one attached hydrogen (secondary N) is 1. The summed E-state index contributed by atoms with van der Waals surface area (Å²) in [5.41, 5.74) is 1.08. The number of nitrogens with zero attached hydrogens (tertiary/aromatic N) is 2. The third kappa shape index (κ3) is 9.36. The molecule has 2 rings (SSSR count). The Kier molecular flexibility index (Phi) is 12.0. The minimum absolute atomic E-state index is 0.0326. The largest absolute Gasteiger partial charge is 0.352 e. The molecular weight excluding hydrogens is 557 g/mol. The summed E-state index contributed by atoms with van der Waals surface area (Å²) in [6, 6.07) is 10.8. The number of rotatable bonds is 13. The fourth-order valence-corrected chi connectivity index (χ4v) is 5.44. The van der Waals surface area contributed by atoms with Crippen molar-refractivity contribution in [3.63, 3.8) is 0 Å². The molecular formula is C26H34Cl3N3O4S. The maximum absolute atomic E-state index is 13.5. The number of carbonyl (C=O) groups is 2. The van der Waals surface area contributed by atoms with E-state index in [1.54, 1.807) is 42.5 Å². The van der Waals surface area contributed by atoms with Crippen LogP contribution < -0.4 is 9.62 Å².